The highest BCUT2D eigenvalue weighted by Gasteiger charge is 2.30. The standard InChI is InChI=1S/C11H8F3NO2S/c12-11(13,14)6-1-2-7-5(3-6)4-8(18-7)9(15)10(16)17/h1-4,9H,15H2,(H,16,17). The van der Waals surface area contributed by atoms with E-state index in [1.807, 2.05) is 0 Å². The monoisotopic (exact) mass is 275 g/mol. The van der Waals surface area contributed by atoms with E-state index in [4.69, 9.17) is 10.8 Å². The highest BCUT2D eigenvalue weighted by molar-refractivity contribution is 7.19. The summed E-state index contributed by atoms with van der Waals surface area (Å²) in [5.41, 5.74) is 4.65. The molecule has 0 aliphatic carbocycles. The second kappa shape index (κ2) is 4.25. The van der Waals surface area contributed by atoms with Crippen LogP contribution in [0.25, 0.3) is 10.1 Å². The Morgan fingerprint density at radius 3 is 2.56 bits per heavy atom. The summed E-state index contributed by atoms with van der Waals surface area (Å²) in [6, 6.07) is 3.45. The van der Waals surface area contributed by atoms with Crippen molar-refractivity contribution >= 4 is 27.4 Å². The van der Waals surface area contributed by atoms with Gasteiger partial charge in [-0.3, -0.25) is 4.79 Å². The van der Waals surface area contributed by atoms with Gasteiger partial charge in [0.1, 0.15) is 6.04 Å². The lowest BCUT2D eigenvalue weighted by Gasteiger charge is -2.05. The number of alkyl halides is 3. The number of fused-ring (bicyclic) bond motifs is 1. The summed E-state index contributed by atoms with van der Waals surface area (Å²) in [5.74, 6) is -1.21. The van der Waals surface area contributed by atoms with E-state index in [0.717, 1.165) is 23.5 Å². The smallest absolute Gasteiger partial charge is 0.416 e. The van der Waals surface area contributed by atoms with Crippen molar-refractivity contribution < 1.29 is 23.1 Å². The molecular formula is C11H8F3NO2S. The topological polar surface area (TPSA) is 63.3 Å². The Morgan fingerprint density at radius 2 is 2.00 bits per heavy atom. The molecule has 1 heterocycles. The van der Waals surface area contributed by atoms with Crippen LogP contribution >= 0.6 is 11.3 Å². The molecule has 0 saturated carbocycles. The zero-order valence-electron chi connectivity index (χ0n) is 8.86. The second-order valence-electron chi connectivity index (χ2n) is 3.72. The Morgan fingerprint density at radius 1 is 1.33 bits per heavy atom. The average molecular weight is 275 g/mol. The van der Waals surface area contributed by atoms with Crippen LogP contribution in [-0.4, -0.2) is 11.1 Å². The summed E-state index contributed by atoms with van der Waals surface area (Å²) in [6.07, 6.45) is -4.41. The quantitative estimate of drug-likeness (QED) is 0.885. The van der Waals surface area contributed by atoms with Gasteiger partial charge in [-0.05, 0) is 29.7 Å². The van der Waals surface area contributed by atoms with Gasteiger partial charge < -0.3 is 10.8 Å². The maximum absolute atomic E-state index is 12.5. The highest BCUT2D eigenvalue weighted by Crippen LogP contribution is 2.35. The summed E-state index contributed by atoms with van der Waals surface area (Å²) in [4.78, 5) is 11.0. The van der Waals surface area contributed by atoms with Gasteiger partial charge in [0.2, 0.25) is 0 Å². The van der Waals surface area contributed by atoms with Crippen LogP contribution in [0.5, 0.6) is 0 Å². The SMILES string of the molecule is NC(C(=O)O)c1cc2cc(C(F)(F)F)ccc2s1. The average Bonchev–Trinajstić information content (AvgIpc) is 2.68. The number of hydrogen-bond donors (Lipinski definition) is 2. The van der Waals surface area contributed by atoms with Crippen molar-refractivity contribution in [3.8, 4) is 0 Å². The molecule has 96 valence electrons. The Labute approximate surface area is 104 Å². The van der Waals surface area contributed by atoms with Crippen LogP contribution in [0.2, 0.25) is 0 Å². The number of benzene rings is 1. The first-order chi connectivity index (χ1) is 8.29. The first-order valence-corrected chi connectivity index (χ1v) is 5.70. The fourth-order valence-electron chi connectivity index (χ4n) is 1.52. The van der Waals surface area contributed by atoms with Crippen LogP contribution in [0.15, 0.2) is 24.3 Å². The molecule has 7 heteroatoms. The van der Waals surface area contributed by atoms with E-state index in [2.05, 4.69) is 0 Å². The first kappa shape index (κ1) is 12.8. The molecule has 1 aromatic carbocycles. The molecular weight excluding hydrogens is 267 g/mol. The largest absolute Gasteiger partial charge is 0.480 e. The molecule has 3 nitrogen and oxygen atoms in total. The third kappa shape index (κ3) is 2.32. The fraction of sp³-hybridized carbons (Fsp3) is 0.182. The number of thiophene rings is 1. The number of rotatable bonds is 2. The van der Waals surface area contributed by atoms with Crippen molar-refractivity contribution in [2.24, 2.45) is 5.73 Å². The van der Waals surface area contributed by atoms with Gasteiger partial charge in [0.15, 0.2) is 0 Å². The van der Waals surface area contributed by atoms with E-state index in [-0.39, 0.29) is 0 Å². The molecule has 2 rings (SSSR count). The Balaban J connectivity index is 2.49. The molecule has 3 N–H and O–H groups in total. The number of hydrogen-bond acceptors (Lipinski definition) is 3. The predicted molar refractivity (Wildman–Crippen MR) is 61.4 cm³/mol. The molecule has 0 saturated heterocycles. The number of carbonyl (C=O) groups is 1. The molecule has 0 aliphatic heterocycles. The lowest BCUT2D eigenvalue weighted by atomic mass is 10.1. The third-order valence-electron chi connectivity index (χ3n) is 2.44. The van der Waals surface area contributed by atoms with Crippen molar-refractivity contribution in [1.29, 1.82) is 0 Å². The van der Waals surface area contributed by atoms with Crippen molar-refractivity contribution in [3.63, 3.8) is 0 Å². The molecule has 1 atom stereocenters. The van der Waals surface area contributed by atoms with E-state index >= 15 is 0 Å². The summed E-state index contributed by atoms with van der Waals surface area (Å²) >= 11 is 1.08. The summed E-state index contributed by atoms with van der Waals surface area (Å²) in [5, 5.41) is 9.09. The number of halogens is 3. The van der Waals surface area contributed by atoms with Crippen LogP contribution in [0, 0.1) is 0 Å². The van der Waals surface area contributed by atoms with Gasteiger partial charge in [0, 0.05) is 9.58 Å². The van der Waals surface area contributed by atoms with Gasteiger partial charge in [0.25, 0.3) is 0 Å². The zero-order valence-corrected chi connectivity index (χ0v) is 9.68. The molecule has 0 amide bonds. The lowest BCUT2D eigenvalue weighted by Crippen LogP contribution is -2.19. The van der Waals surface area contributed by atoms with Crippen LogP contribution < -0.4 is 5.73 Å². The number of nitrogens with two attached hydrogens (primary N) is 1. The molecule has 0 spiro atoms. The van der Waals surface area contributed by atoms with Gasteiger partial charge in [-0.1, -0.05) is 0 Å². The highest BCUT2D eigenvalue weighted by atomic mass is 32.1. The maximum Gasteiger partial charge on any atom is 0.416 e. The fourth-order valence-corrected chi connectivity index (χ4v) is 2.55. The van der Waals surface area contributed by atoms with Crippen LogP contribution in [-0.2, 0) is 11.0 Å². The third-order valence-corrected chi connectivity index (χ3v) is 3.63. The van der Waals surface area contributed by atoms with Gasteiger partial charge in [-0.15, -0.1) is 11.3 Å². The van der Waals surface area contributed by atoms with Gasteiger partial charge in [-0.25, -0.2) is 0 Å². The Hall–Kier alpha value is -1.60. The van der Waals surface area contributed by atoms with E-state index in [9.17, 15) is 18.0 Å². The van der Waals surface area contributed by atoms with Crippen LogP contribution in [0.3, 0.4) is 0 Å². The normalized spacial score (nSPS) is 13.8. The lowest BCUT2D eigenvalue weighted by molar-refractivity contribution is -0.139. The van der Waals surface area contributed by atoms with Crippen LogP contribution in [0.1, 0.15) is 16.5 Å². The molecule has 0 bridgehead atoms. The molecule has 1 aromatic heterocycles. The van der Waals surface area contributed by atoms with E-state index in [1.54, 1.807) is 0 Å². The number of carboxylic acids is 1. The van der Waals surface area contributed by atoms with E-state index in [1.165, 1.54) is 12.1 Å². The predicted octanol–water partition coefficient (Wildman–Crippen LogP) is 3.00. The number of carboxylic acid groups (broad SMARTS) is 1. The van der Waals surface area contributed by atoms with E-state index in [0.29, 0.717) is 15.0 Å². The van der Waals surface area contributed by atoms with E-state index < -0.39 is 23.8 Å². The summed E-state index contributed by atoms with van der Waals surface area (Å²) in [6.45, 7) is 0. The summed E-state index contributed by atoms with van der Waals surface area (Å²) < 4.78 is 38.1. The van der Waals surface area contributed by atoms with Gasteiger partial charge >= 0.3 is 12.1 Å². The molecule has 0 aliphatic rings. The molecule has 18 heavy (non-hydrogen) atoms. The maximum atomic E-state index is 12.5. The van der Waals surface area contributed by atoms with Crippen molar-refractivity contribution in [1.82, 2.24) is 0 Å². The summed E-state index contributed by atoms with van der Waals surface area (Å²) in [7, 11) is 0. The van der Waals surface area contributed by atoms with Gasteiger partial charge in [-0.2, -0.15) is 13.2 Å². The van der Waals surface area contributed by atoms with Crippen molar-refractivity contribution in [2.45, 2.75) is 12.2 Å². The molecule has 0 radical (unpaired) electrons. The Bertz CT molecular complexity index is 606. The van der Waals surface area contributed by atoms with Gasteiger partial charge in [0.05, 0.1) is 5.56 Å². The van der Waals surface area contributed by atoms with Crippen LogP contribution in [0.4, 0.5) is 13.2 Å². The first-order valence-electron chi connectivity index (χ1n) is 4.88. The zero-order chi connectivity index (χ0) is 13.5. The van der Waals surface area contributed by atoms with Crippen molar-refractivity contribution in [2.75, 3.05) is 0 Å². The second-order valence-corrected chi connectivity index (χ2v) is 4.83. The minimum atomic E-state index is -4.41. The minimum Gasteiger partial charge on any atom is -0.480 e. The Kier molecular flexibility index (Phi) is 3.04. The minimum absolute atomic E-state index is 0.330. The molecule has 0 fully saturated rings. The number of aliphatic carboxylic acids is 1. The molecule has 2 aromatic rings. The molecule has 1 unspecified atom stereocenters. The van der Waals surface area contributed by atoms with Crippen molar-refractivity contribution in [3.05, 3.63) is 34.7 Å².